The molecule has 2 nitrogen and oxygen atoms in total. The number of nitrogens with one attached hydrogen (secondary N) is 1. The molecule has 1 aromatic heterocycles. The molecule has 0 fully saturated rings. The van der Waals surface area contributed by atoms with Crippen LogP contribution in [0.25, 0.3) is 0 Å². The third-order valence-corrected chi connectivity index (χ3v) is 2.91. The van der Waals surface area contributed by atoms with Crippen LogP contribution in [0.5, 0.6) is 0 Å². The van der Waals surface area contributed by atoms with Crippen LogP contribution in [-0.4, -0.2) is 17.6 Å². The first-order chi connectivity index (χ1) is 7.15. The number of likely N-dealkylation sites (N-methyl/N-ethyl adjacent to an activating group) is 1. The van der Waals surface area contributed by atoms with E-state index in [9.17, 15) is 0 Å². The van der Waals surface area contributed by atoms with Crippen LogP contribution >= 0.6 is 11.6 Å². The number of halogens is 1. The van der Waals surface area contributed by atoms with Gasteiger partial charge in [0.05, 0.1) is 5.02 Å². The van der Waals surface area contributed by atoms with E-state index in [1.807, 2.05) is 6.07 Å². The fourth-order valence-corrected chi connectivity index (χ4v) is 1.81. The van der Waals surface area contributed by atoms with Gasteiger partial charge in [0.25, 0.3) is 0 Å². The molecule has 0 aliphatic rings. The minimum atomic E-state index is 0.481. The standard InChI is InChI=1S/C12H19ClN2/c1-4-15-12(9(2)3)7-10-5-6-14-8-11(10)13/h5-6,8-9,12,15H,4,7H2,1-3H3. The number of hydrogen-bond acceptors (Lipinski definition) is 2. The van der Waals surface area contributed by atoms with Crippen molar-refractivity contribution in [3.8, 4) is 0 Å². The molecule has 0 aromatic carbocycles. The number of aromatic nitrogens is 1. The van der Waals surface area contributed by atoms with E-state index in [4.69, 9.17) is 11.6 Å². The van der Waals surface area contributed by atoms with Crippen LogP contribution in [0.2, 0.25) is 5.02 Å². The summed E-state index contributed by atoms with van der Waals surface area (Å²) in [5, 5.41) is 4.24. The molecule has 1 aromatic rings. The van der Waals surface area contributed by atoms with Gasteiger partial charge in [0.15, 0.2) is 0 Å². The van der Waals surface area contributed by atoms with Gasteiger partial charge in [0.2, 0.25) is 0 Å². The van der Waals surface area contributed by atoms with Gasteiger partial charge >= 0.3 is 0 Å². The summed E-state index contributed by atoms with van der Waals surface area (Å²) in [5.74, 6) is 0.606. The second kappa shape index (κ2) is 6.09. The van der Waals surface area contributed by atoms with Crippen LogP contribution in [0.1, 0.15) is 26.3 Å². The van der Waals surface area contributed by atoms with Gasteiger partial charge in [-0.05, 0) is 30.5 Å². The lowest BCUT2D eigenvalue weighted by atomic mass is 9.97. The van der Waals surface area contributed by atoms with Gasteiger partial charge < -0.3 is 5.32 Å². The maximum absolute atomic E-state index is 6.08. The monoisotopic (exact) mass is 226 g/mol. The predicted molar refractivity (Wildman–Crippen MR) is 65.3 cm³/mol. The average Bonchev–Trinajstić information content (AvgIpc) is 2.20. The number of pyridine rings is 1. The van der Waals surface area contributed by atoms with E-state index >= 15 is 0 Å². The Kier molecular flexibility index (Phi) is 5.06. The highest BCUT2D eigenvalue weighted by molar-refractivity contribution is 6.31. The van der Waals surface area contributed by atoms with E-state index in [-0.39, 0.29) is 0 Å². The van der Waals surface area contributed by atoms with Crippen molar-refractivity contribution in [3.63, 3.8) is 0 Å². The third kappa shape index (κ3) is 3.80. The highest BCUT2D eigenvalue weighted by Crippen LogP contribution is 2.17. The zero-order chi connectivity index (χ0) is 11.3. The molecular weight excluding hydrogens is 208 g/mol. The fraction of sp³-hybridized carbons (Fsp3) is 0.583. The molecule has 0 saturated carbocycles. The Balaban J connectivity index is 2.69. The van der Waals surface area contributed by atoms with E-state index in [2.05, 4.69) is 31.1 Å². The van der Waals surface area contributed by atoms with Crippen LogP contribution < -0.4 is 5.32 Å². The van der Waals surface area contributed by atoms with Gasteiger partial charge in [-0.1, -0.05) is 32.4 Å². The molecule has 84 valence electrons. The largest absolute Gasteiger partial charge is 0.314 e. The Hall–Kier alpha value is -0.600. The molecule has 1 unspecified atom stereocenters. The van der Waals surface area contributed by atoms with Crippen molar-refractivity contribution >= 4 is 11.6 Å². The second-order valence-electron chi connectivity index (χ2n) is 4.08. The highest BCUT2D eigenvalue weighted by Gasteiger charge is 2.13. The van der Waals surface area contributed by atoms with Gasteiger partial charge in [0, 0.05) is 18.4 Å². The number of rotatable bonds is 5. The summed E-state index contributed by atoms with van der Waals surface area (Å²) in [4.78, 5) is 3.99. The molecule has 0 spiro atoms. The second-order valence-corrected chi connectivity index (χ2v) is 4.49. The maximum Gasteiger partial charge on any atom is 0.0621 e. The van der Waals surface area contributed by atoms with Crippen molar-refractivity contribution in [1.82, 2.24) is 10.3 Å². The Bertz CT molecular complexity index is 299. The van der Waals surface area contributed by atoms with E-state index < -0.39 is 0 Å². The molecular formula is C12H19ClN2. The van der Waals surface area contributed by atoms with Gasteiger partial charge in [-0.25, -0.2) is 0 Å². The van der Waals surface area contributed by atoms with E-state index in [0.29, 0.717) is 12.0 Å². The zero-order valence-corrected chi connectivity index (χ0v) is 10.4. The first kappa shape index (κ1) is 12.5. The van der Waals surface area contributed by atoms with Gasteiger partial charge in [0.1, 0.15) is 0 Å². The van der Waals surface area contributed by atoms with Crippen LogP contribution in [0.3, 0.4) is 0 Å². The van der Waals surface area contributed by atoms with Crippen molar-refractivity contribution < 1.29 is 0 Å². The molecule has 3 heteroatoms. The van der Waals surface area contributed by atoms with E-state index in [0.717, 1.165) is 18.0 Å². The topological polar surface area (TPSA) is 24.9 Å². The molecule has 0 aliphatic heterocycles. The van der Waals surface area contributed by atoms with Crippen molar-refractivity contribution in [3.05, 3.63) is 29.0 Å². The average molecular weight is 227 g/mol. The quantitative estimate of drug-likeness (QED) is 0.835. The molecule has 0 radical (unpaired) electrons. The first-order valence-electron chi connectivity index (χ1n) is 5.47. The lowest BCUT2D eigenvalue weighted by Gasteiger charge is -2.22. The fourth-order valence-electron chi connectivity index (χ4n) is 1.61. The normalized spacial score (nSPS) is 13.1. The van der Waals surface area contributed by atoms with Crippen molar-refractivity contribution in [2.45, 2.75) is 33.2 Å². The smallest absolute Gasteiger partial charge is 0.0621 e. The molecule has 1 heterocycles. The molecule has 1 atom stereocenters. The lowest BCUT2D eigenvalue weighted by molar-refractivity contribution is 0.405. The van der Waals surface area contributed by atoms with Crippen LogP contribution in [0.4, 0.5) is 0 Å². The molecule has 0 amide bonds. The van der Waals surface area contributed by atoms with Crippen molar-refractivity contribution in [1.29, 1.82) is 0 Å². The van der Waals surface area contributed by atoms with Crippen LogP contribution in [0, 0.1) is 5.92 Å². The number of nitrogens with zero attached hydrogens (tertiary/aromatic N) is 1. The zero-order valence-electron chi connectivity index (χ0n) is 9.63. The van der Waals surface area contributed by atoms with Crippen LogP contribution in [0.15, 0.2) is 18.5 Å². The third-order valence-electron chi connectivity index (χ3n) is 2.57. The van der Waals surface area contributed by atoms with E-state index in [1.165, 1.54) is 5.56 Å². The van der Waals surface area contributed by atoms with E-state index in [1.54, 1.807) is 12.4 Å². The summed E-state index contributed by atoms with van der Waals surface area (Å²) in [6.07, 6.45) is 4.47. The molecule has 1 N–H and O–H groups in total. The summed E-state index contributed by atoms with van der Waals surface area (Å²) in [6, 6.07) is 2.48. The Morgan fingerprint density at radius 1 is 1.47 bits per heavy atom. The molecule has 1 rings (SSSR count). The van der Waals surface area contributed by atoms with Gasteiger partial charge in [-0.3, -0.25) is 4.98 Å². The minimum absolute atomic E-state index is 0.481. The van der Waals surface area contributed by atoms with Gasteiger partial charge in [-0.15, -0.1) is 0 Å². The summed E-state index contributed by atoms with van der Waals surface area (Å²) in [5.41, 5.74) is 1.17. The summed E-state index contributed by atoms with van der Waals surface area (Å²) in [6.45, 7) is 7.57. The predicted octanol–water partition coefficient (Wildman–Crippen LogP) is 2.91. The Morgan fingerprint density at radius 2 is 2.20 bits per heavy atom. The molecule has 0 bridgehead atoms. The Labute approximate surface area is 97.1 Å². The van der Waals surface area contributed by atoms with Gasteiger partial charge in [-0.2, -0.15) is 0 Å². The molecule has 15 heavy (non-hydrogen) atoms. The summed E-state index contributed by atoms with van der Waals surface area (Å²) < 4.78 is 0. The van der Waals surface area contributed by atoms with Crippen molar-refractivity contribution in [2.24, 2.45) is 5.92 Å². The number of hydrogen-bond donors (Lipinski definition) is 1. The lowest BCUT2D eigenvalue weighted by Crippen LogP contribution is -2.35. The summed E-state index contributed by atoms with van der Waals surface area (Å²) >= 11 is 6.08. The Morgan fingerprint density at radius 3 is 2.73 bits per heavy atom. The highest BCUT2D eigenvalue weighted by atomic mass is 35.5. The first-order valence-corrected chi connectivity index (χ1v) is 5.84. The minimum Gasteiger partial charge on any atom is -0.314 e. The maximum atomic E-state index is 6.08. The van der Waals surface area contributed by atoms with Crippen molar-refractivity contribution in [2.75, 3.05) is 6.54 Å². The van der Waals surface area contributed by atoms with Crippen LogP contribution in [-0.2, 0) is 6.42 Å². The summed E-state index contributed by atoms with van der Waals surface area (Å²) in [7, 11) is 0. The SMILES string of the molecule is CCNC(Cc1ccncc1Cl)C(C)C. The molecule has 0 aliphatic carbocycles. The molecule has 0 saturated heterocycles.